The molecular weight excluding hydrogens is 246 g/mol. The molecule has 3 heteroatoms. The summed E-state index contributed by atoms with van der Waals surface area (Å²) < 4.78 is 0. The fourth-order valence-electron chi connectivity index (χ4n) is 2.86. The van der Waals surface area contributed by atoms with Crippen LogP contribution in [0.4, 0.5) is 0 Å². The molecular formula is C17H29N3. The van der Waals surface area contributed by atoms with E-state index in [0.29, 0.717) is 12.0 Å². The van der Waals surface area contributed by atoms with Gasteiger partial charge < -0.3 is 5.32 Å². The highest BCUT2D eigenvalue weighted by Crippen LogP contribution is 2.27. The summed E-state index contributed by atoms with van der Waals surface area (Å²) in [6.45, 7) is 12.1. The molecule has 1 aliphatic rings. The summed E-state index contributed by atoms with van der Waals surface area (Å²) in [6, 6.07) is 0.571. The summed E-state index contributed by atoms with van der Waals surface area (Å²) in [5.74, 6) is 2.25. The van der Waals surface area contributed by atoms with Gasteiger partial charge in [-0.2, -0.15) is 0 Å². The molecule has 1 heterocycles. The van der Waals surface area contributed by atoms with Gasteiger partial charge in [-0.3, -0.25) is 0 Å². The maximum absolute atomic E-state index is 4.84. The van der Waals surface area contributed by atoms with Crippen LogP contribution in [-0.4, -0.2) is 22.6 Å². The Hall–Kier alpha value is -0.960. The normalized spacial score (nSPS) is 20.0. The highest BCUT2D eigenvalue weighted by molar-refractivity contribution is 5.29. The highest BCUT2D eigenvalue weighted by atomic mass is 14.9. The van der Waals surface area contributed by atoms with E-state index in [-0.39, 0.29) is 0 Å². The Morgan fingerprint density at radius 3 is 2.65 bits per heavy atom. The fraction of sp³-hybridized carbons (Fsp3) is 0.765. The van der Waals surface area contributed by atoms with Crippen molar-refractivity contribution in [2.75, 3.05) is 6.54 Å². The lowest BCUT2D eigenvalue weighted by Gasteiger charge is -2.27. The summed E-state index contributed by atoms with van der Waals surface area (Å²) in [6.07, 6.45) is 4.62. The molecule has 2 rings (SSSR count). The third-order valence-electron chi connectivity index (χ3n) is 4.47. The maximum Gasteiger partial charge on any atom is 0.131 e. The minimum atomic E-state index is 0.472. The van der Waals surface area contributed by atoms with Crippen molar-refractivity contribution in [1.29, 1.82) is 0 Å². The van der Waals surface area contributed by atoms with Crippen molar-refractivity contribution in [3.05, 3.63) is 22.8 Å². The van der Waals surface area contributed by atoms with Crippen LogP contribution in [0.25, 0.3) is 0 Å². The molecule has 0 amide bonds. The average Bonchev–Trinajstić information content (AvgIpc) is 2.44. The van der Waals surface area contributed by atoms with Crippen LogP contribution in [0, 0.1) is 12.8 Å². The minimum Gasteiger partial charge on any atom is -0.314 e. The first-order valence-corrected chi connectivity index (χ1v) is 8.10. The summed E-state index contributed by atoms with van der Waals surface area (Å²) in [5, 5.41) is 3.56. The van der Waals surface area contributed by atoms with Crippen molar-refractivity contribution in [2.24, 2.45) is 5.92 Å². The third kappa shape index (κ3) is 3.57. The Morgan fingerprint density at radius 1 is 1.25 bits per heavy atom. The Bertz CT molecular complexity index is 454. The van der Waals surface area contributed by atoms with Crippen molar-refractivity contribution >= 4 is 0 Å². The first-order valence-electron chi connectivity index (χ1n) is 8.10. The second kappa shape index (κ2) is 6.66. The fourth-order valence-corrected chi connectivity index (χ4v) is 2.86. The van der Waals surface area contributed by atoms with E-state index >= 15 is 0 Å². The maximum atomic E-state index is 4.84. The van der Waals surface area contributed by atoms with Crippen molar-refractivity contribution in [1.82, 2.24) is 15.3 Å². The van der Waals surface area contributed by atoms with Gasteiger partial charge in [-0.25, -0.2) is 9.97 Å². The van der Waals surface area contributed by atoms with Gasteiger partial charge in [0.2, 0.25) is 0 Å². The van der Waals surface area contributed by atoms with Gasteiger partial charge in [-0.1, -0.05) is 27.7 Å². The topological polar surface area (TPSA) is 37.8 Å². The summed E-state index contributed by atoms with van der Waals surface area (Å²) >= 11 is 0. The van der Waals surface area contributed by atoms with Crippen molar-refractivity contribution in [2.45, 2.75) is 72.3 Å². The number of nitrogens with one attached hydrogen (secondary N) is 1. The van der Waals surface area contributed by atoms with Crippen LogP contribution in [0.1, 0.15) is 69.2 Å². The Balaban J connectivity index is 2.13. The van der Waals surface area contributed by atoms with Crippen LogP contribution in [0.5, 0.6) is 0 Å². The molecule has 2 atom stereocenters. The van der Waals surface area contributed by atoms with Crippen LogP contribution in [-0.2, 0) is 12.8 Å². The molecule has 3 nitrogen and oxygen atoms in total. The van der Waals surface area contributed by atoms with Gasteiger partial charge in [0.1, 0.15) is 5.82 Å². The summed E-state index contributed by atoms with van der Waals surface area (Å²) in [4.78, 5) is 9.60. The lowest BCUT2D eigenvalue weighted by molar-refractivity contribution is 0.400. The predicted molar refractivity (Wildman–Crippen MR) is 84.1 cm³/mol. The summed E-state index contributed by atoms with van der Waals surface area (Å²) in [5.41, 5.74) is 3.94. The van der Waals surface area contributed by atoms with E-state index < -0.39 is 0 Å². The molecule has 1 aromatic heterocycles. The number of hydrogen-bond donors (Lipinski definition) is 1. The number of aromatic nitrogens is 2. The predicted octanol–water partition coefficient (Wildman–Crippen LogP) is 3.40. The highest BCUT2D eigenvalue weighted by Gasteiger charge is 2.23. The molecule has 1 aliphatic carbocycles. The van der Waals surface area contributed by atoms with E-state index in [2.05, 4.69) is 39.9 Å². The molecule has 0 radical (unpaired) electrons. The molecule has 20 heavy (non-hydrogen) atoms. The molecule has 0 aromatic carbocycles. The quantitative estimate of drug-likeness (QED) is 0.895. The van der Waals surface area contributed by atoms with Crippen molar-refractivity contribution in [3.63, 3.8) is 0 Å². The number of fused-ring (bicyclic) bond motifs is 1. The lowest BCUT2D eigenvalue weighted by atomic mass is 9.85. The van der Waals surface area contributed by atoms with Crippen LogP contribution in [0.3, 0.4) is 0 Å². The van der Waals surface area contributed by atoms with E-state index in [1.54, 1.807) is 0 Å². The zero-order valence-corrected chi connectivity index (χ0v) is 13.7. The SMILES string of the molecule is CCC(C)c1nc(C)c2c(n1)CCC(CNC(C)C)C2. The monoisotopic (exact) mass is 275 g/mol. The zero-order chi connectivity index (χ0) is 14.7. The van der Waals surface area contributed by atoms with Gasteiger partial charge in [-0.15, -0.1) is 0 Å². The molecule has 1 N–H and O–H groups in total. The second-order valence-corrected chi connectivity index (χ2v) is 6.57. The van der Waals surface area contributed by atoms with Crippen molar-refractivity contribution in [3.8, 4) is 0 Å². The first kappa shape index (κ1) is 15.4. The molecule has 0 spiro atoms. The van der Waals surface area contributed by atoms with E-state index in [9.17, 15) is 0 Å². The molecule has 0 aliphatic heterocycles. The van der Waals surface area contributed by atoms with E-state index in [1.165, 1.54) is 23.4 Å². The van der Waals surface area contributed by atoms with Gasteiger partial charge in [0, 0.05) is 23.3 Å². The van der Waals surface area contributed by atoms with Crippen LogP contribution >= 0.6 is 0 Å². The summed E-state index contributed by atoms with van der Waals surface area (Å²) in [7, 11) is 0. The first-order chi connectivity index (χ1) is 9.51. The number of aryl methyl sites for hydroxylation is 2. The van der Waals surface area contributed by atoms with E-state index in [0.717, 1.165) is 37.5 Å². The van der Waals surface area contributed by atoms with Gasteiger partial charge in [0.05, 0.1) is 0 Å². The van der Waals surface area contributed by atoms with Crippen LogP contribution in [0.2, 0.25) is 0 Å². The Labute approximate surface area is 123 Å². The second-order valence-electron chi connectivity index (χ2n) is 6.57. The molecule has 0 saturated carbocycles. The zero-order valence-electron chi connectivity index (χ0n) is 13.7. The molecule has 0 fully saturated rings. The smallest absolute Gasteiger partial charge is 0.131 e. The third-order valence-corrected chi connectivity index (χ3v) is 4.47. The number of hydrogen-bond acceptors (Lipinski definition) is 3. The molecule has 0 bridgehead atoms. The van der Waals surface area contributed by atoms with E-state index in [4.69, 9.17) is 9.97 Å². The van der Waals surface area contributed by atoms with Gasteiger partial charge in [0.25, 0.3) is 0 Å². The molecule has 0 saturated heterocycles. The number of rotatable bonds is 5. The standard InChI is InChI=1S/C17H29N3/c1-6-12(4)17-19-13(5)15-9-14(10-18-11(2)3)7-8-16(15)20-17/h11-12,14,18H,6-10H2,1-5H3. The van der Waals surface area contributed by atoms with Crippen LogP contribution in [0.15, 0.2) is 0 Å². The van der Waals surface area contributed by atoms with Gasteiger partial charge >= 0.3 is 0 Å². The van der Waals surface area contributed by atoms with Crippen LogP contribution < -0.4 is 5.32 Å². The van der Waals surface area contributed by atoms with Gasteiger partial charge in [-0.05, 0) is 50.6 Å². The molecule has 112 valence electrons. The Kier molecular flexibility index (Phi) is 5.14. The average molecular weight is 275 g/mol. The molecule has 2 unspecified atom stereocenters. The lowest BCUT2D eigenvalue weighted by Crippen LogP contribution is -2.32. The Morgan fingerprint density at radius 2 is 2.00 bits per heavy atom. The molecule has 1 aromatic rings. The minimum absolute atomic E-state index is 0.472. The largest absolute Gasteiger partial charge is 0.314 e. The van der Waals surface area contributed by atoms with E-state index in [1.807, 2.05) is 0 Å². The van der Waals surface area contributed by atoms with Crippen molar-refractivity contribution < 1.29 is 0 Å². The van der Waals surface area contributed by atoms with Gasteiger partial charge in [0.15, 0.2) is 0 Å². The number of nitrogens with zero attached hydrogens (tertiary/aromatic N) is 2.